The lowest BCUT2D eigenvalue weighted by Gasteiger charge is -2.12. The van der Waals surface area contributed by atoms with E-state index in [9.17, 15) is 18.0 Å². The zero-order valence-corrected chi connectivity index (χ0v) is 22.7. The third-order valence-electron chi connectivity index (χ3n) is 6.05. The van der Waals surface area contributed by atoms with Gasteiger partial charge < -0.3 is 15.4 Å². The summed E-state index contributed by atoms with van der Waals surface area (Å²) in [4.78, 5) is 16.5. The summed E-state index contributed by atoms with van der Waals surface area (Å²) in [6.45, 7) is 0. The zero-order chi connectivity index (χ0) is 29.1. The molecule has 0 aliphatic heterocycles. The van der Waals surface area contributed by atoms with E-state index in [1.54, 1.807) is 54.5 Å². The van der Waals surface area contributed by atoms with E-state index in [1.807, 2.05) is 30.5 Å². The number of aromatic nitrogens is 3. The Hall–Kier alpha value is -4.54. The maximum absolute atomic E-state index is 13.1. The Bertz CT molecular complexity index is 1710. The van der Waals surface area contributed by atoms with E-state index in [0.717, 1.165) is 28.8 Å². The summed E-state index contributed by atoms with van der Waals surface area (Å²) < 4.78 is 46.5. The van der Waals surface area contributed by atoms with E-state index in [1.165, 1.54) is 6.07 Å². The van der Waals surface area contributed by atoms with Gasteiger partial charge in [0.2, 0.25) is 0 Å². The Morgan fingerprint density at radius 1 is 0.854 bits per heavy atom. The van der Waals surface area contributed by atoms with Gasteiger partial charge >= 0.3 is 12.2 Å². The largest absolute Gasteiger partial charge is 0.495 e. The molecule has 208 valence electrons. The molecule has 2 N–H and O–H groups in total. The van der Waals surface area contributed by atoms with Gasteiger partial charge in [-0.3, -0.25) is 4.98 Å². The van der Waals surface area contributed by atoms with Gasteiger partial charge in [0.15, 0.2) is 0 Å². The summed E-state index contributed by atoms with van der Waals surface area (Å²) in [7, 11) is 1.54. The second kappa shape index (κ2) is 11.5. The number of carbonyl (C=O) groups is 1. The molecule has 0 atom stereocenters. The first-order valence-corrected chi connectivity index (χ1v) is 12.8. The number of amides is 2. The van der Waals surface area contributed by atoms with Crippen molar-refractivity contribution in [3.8, 4) is 33.8 Å². The molecule has 0 bridgehead atoms. The van der Waals surface area contributed by atoms with Gasteiger partial charge in [-0.05, 0) is 72.3 Å². The van der Waals surface area contributed by atoms with Crippen LogP contribution < -0.4 is 15.4 Å². The Kier molecular flexibility index (Phi) is 7.87. The van der Waals surface area contributed by atoms with Gasteiger partial charge in [0.05, 0.1) is 28.4 Å². The predicted molar refractivity (Wildman–Crippen MR) is 153 cm³/mol. The molecule has 0 aliphatic rings. The fourth-order valence-corrected chi connectivity index (χ4v) is 4.50. The first-order valence-electron chi connectivity index (χ1n) is 12.0. The number of carbonyl (C=O) groups excluding carboxylic acids is 1. The van der Waals surface area contributed by atoms with Gasteiger partial charge in [-0.2, -0.15) is 18.3 Å². The maximum Gasteiger partial charge on any atom is 0.417 e. The number of hydrogen-bond donors (Lipinski definition) is 2. The fraction of sp³-hybridized carbons (Fsp3) is 0.0690. The van der Waals surface area contributed by atoms with Crippen LogP contribution in [-0.4, -0.2) is 27.9 Å². The van der Waals surface area contributed by atoms with E-state index in [-0.39, 0.29) is 5.69 Å². The topological polar surface area (TPSA) is 81.1 Å². The third kappa shape index (κ3) is 6.29. The molecule has 41 heavy (non-hydrogen) atoms. The Morgan fingerprint density at radius 3 is 2.20 bits per heavy atom. The minimum Gasteiger partial charge on any atom is -0.495 e. The van der Waals surface area contributed by atoms with Crippen molar-refractivity contribution in [3.63, 3.8) is 0 Å². The Labute approximate surface area is 242 Å². The van der Waals surface area contributed by atoms with Crippen LogP contribution in [0.15, 0.2) is 91.4 Å². The fourth-order valence-electron chi connectivity index (χ4n) is 4.08. The molecule has 2 amide bonds. The van der Waals surface area contributed by atoms with Crippen molar-refractivity contribution in [1.29, 1.82) is 0 Å². The highest BCUT2D eigenvalue weighted by molar-refractivity contribution is 6.32. The average molecular weight is 598 g/mol. The van der Waals surface area contributed by atoms with Crippen LogP contribution >= 0.6 is 23.2 Å². The quantitative estimate of drug-likeness (QED) is 0.205. The number of anilines is 2. The number of pyridine rings is 1. The molecular weight excluding hydrogens is 578 g/mol. The van der Waals surface area contributed by atoms with Gasteiger partial charge in [-0.1, -0.05) is 29.3 Å². The zero-order valence-electron chi connectivity index (χ0n) is 21.2. The highest BCUT2D eigenvalue weighted by atomic mass is 35.5. The minimum absolute atomic E-state index is 0.0533. The standard InChI is InChI=1S/C29H20Cl2F3N5O2/c1-41-26-14-18(2-8-25(26)31)27-22(17-10-12-35-13-11-17)16-39(38-27)21-6-3-19(4-7-21)36-28(40)37-20-5-9-24(30)23(15-20)29(32,33)34/h2-16H,1H3,(H2,36,37,40). The smallest absolute Gasteiger partial charge is 0.417 e. The molecule has 0 fully saturated rings. The maximum atomic E-state index is 13.1. The number of urea groups is 1. The third-order valence-corrected chi connectivity index (χ3v) is 6.69. The second-order valence-corrected chi connectivity index (χ2v) is 9.55. The Balaban J connectivity index is 1.38. The molecule has 12 heteroatoms. The lowest BCUT2D eigenvalue weighted by molar-refractivity contribution is -0.137. The van der Waals surface area contributed by atoms with Gasteiger partial charge in [0, 0.05) is 41.1 Å². The summed E-state index contributed by atoms with van der Waals surface area (Å²) in [6.07, 6.45) is 0.612. The first kappa shape index (κ1) is 28.0. The van der Waals surface area contributed by atoms with Gasteiger partial charge in [0.1, 0.15) is 11.4 Å². The molecule has 5 aromatic rings. The molecule has 0 aliphatic carbocycles. The van der Waals surface area contributed by atoms with Crippen LogP contribution in [0.25, 0.3) is 28.1 Å². The average Bonchev–Trinajstić information content (AvgIpc) is 3.40. The van der Waals surface area contributed by atoms with Crippen molar-refractivity contribution >= 4 is 40.6 Å². The molecule has 2 aromatic heterocycles. The molecule has 0 spiro atoms. The molecule has 0 radical (unpaired) electrons. The number of alkyl halides is 3. The van der Waals surface area contributed by atoms with Crippen LogP contribution in [0.1, 0.15) is 5.56 Å². The van der Waals surface area contributed by atoms with Gasteiger partial charge in [-0.15, -0.1) is 0 Å². The summed E-state index contributed by atoms with van der Waals surface area (Å²) in [6, 6.07) is 18.4. The lowest BCUT2D eigenvalue weighted by atomic mass is 10.0. The van der Waals surface area contributed by atoms with E-state index in [0.29, 0.717) is 27.8 Å². The molecule has 2 heterocycles. The summed E-state index contributed by atoms with van der Waals surface area (Å²) in [5.41, 5.74) is 3.26. The van der Waals surface area contributed by atoms with Crippen molar-refractivity contribution in [2.75, 3.05) is 17.7 Å². The molecule has 0 unspecified atom stereocenters. The molecule has 7 nitrogen and oxygen atoms in total. The van der Waals surface area contributed by atoms with Crippen molar-refractivity contribution in [2.24, 2.45) is 0 Å². The minimum atomic E-state index is -4.65. The van der Waals surface area contributed by atoms with E-state index in [2.05, 4.69) is 15.6 Å². The molecule has 5 rings (SSSR count). The van der Waals surface area contributed by atoms with Gasteiger partial charge in [0.25, 0.3) is 0 Å². The van der Waals surface area contributed by atoms with Crippen LogP contribution in [-0.2, 0) is 6.18 Å². The lowest BCUT2D eigenvalue weighted by Crippen LogP contribution is -2.20. The number of nitrogens with one attached hydrogen (secondary N) is 2. The molecule has 0 saturated heterocycles. The monoisotopic (exact) mass is 597 g/mol. The Morgan fingerprint density at radius 2 is 1.51 bits per heavy atom. The van der Waals surface area contributed by atoms with Crippen LogP contribution in [0.3, 0.4) is 0 Å². The molecule has 0 saturated carbocycles. The van der Waals surface area contributed by atoms with Crippen LogP contribution in [0.5, 0.6) is 5.75 Å². The molecular formula is C29H20Cl2F3N5O2. The molecule has 3 aromatic carbocycles. The van der Waals surface area contributed by atoms with Crippen LogP contribution in [0.4, 0.5) is 29.3 Å². The second-order valence-electron chi connectivity index (χ2n) is 8.74. The highest BCUT2D eigenvalue weighted by Gasteiger charge is 2.33. The predicted octanol–water partition coefficient (Wildman–Crippen LogP) is 8.58. The first-order chi connectivity index (χ1) is 19.6. The number of rotatable bonds is 6. The summed E-state index contributed by atoms with van der Waals surface area (Å²) >= 11 is 11.9. The number of ether oxygens (including phenoxy) is 1. The number of methoxy groups -OCH3 is 1. The normalized spacial score (nSPS) is 11.3. The van der Waals surface area contributed by atoms with Crippen molar-refractivity contribution in [2.45, 2.75) is 6.18 Å². The van der Waals surface area contributed by atoms with Crippen LogP contribution in [0.2, 0.25) is 10.0 Å². The number of hydrogen-bond acceptors (Lipinski definition) is 4. The summed E-state index contributed by atoms with van der Waals surface area (Å²) in [5.74, 6) is 0.515. The SMILES string of the molecule is COc1cc(-c2nn(-c3ccc(NC(=O)Nc4ccc(Cl)c(C(F)(F)F)c4)cc3)cc2-c2ccncc2)ccc1Cl. The van der Waals surface area contributed by atoms with Crippen molar-refractivity contribution in [1.82, 2.24) is 14.8 Å². The summed E-state index contributed by atoms with van der Waals surface area (Å²) in [5, 5.41) is 9.82. The van der Waals surface area contributed by atoms with E-state index in [4.69, 9.17) is 33.0 Å². The number of halogens is 5. The van der Waals surface area contributed by atoms with Crippen molar-refractivity contribution < 1.29 is 22.7 Å². The number of benzene rings is 3. The van der Waals surface area contributed by atoms with Crippen LogP contribution in [0, 0.1) is 0 Å². The van der Waals surface area contributed by atoms with E-state index < -0.39 is 22.8 Å². The highest BCUT2D eigenvalue weighted by Crippen LogP contribution is 2.37. The number of nitrogens with zero attached hydrogens (tertiary/aromatic N) is 3. The van der Waals surface area contributed by atoms with E-state index >= 15 is 0 Å². The van der Waals surface area contributed by atoms with Crippen molar-refractivity contribution in [3.05, 3.63) is 107 Å². The van der Waals surface area contributed by atoms with Gasteiger partial charge in [-0.25, -0.2) is 9.48 Å².